The first-order valence-corrected chi connectivity index (χ1v) is 9.27. The second kappa shape index (κ2) is 7.04. The summed E-state index contributed by atoms with van der Waals surface area (Å²) in [6.07, 6.45) is 2.87. The van der Waals surface area contributed by atoms with E-state index < -0.39 is 9.84 Å². The number of benzene rings is 2. The summed E-state index contributed by atoms with van der Waals surface area (Å²) in [4.78, 5) is 0.318. The maximum Gasteiger partial charge on any atom is 0.206 e. The summed E-state index contributed by atoms with van der Waals surface area (Å²) < 4.78 is 25.6. The van der Waals surface area contributed by atoms with E-state index in [1.54, 1.807) is 0 Å². The summed E-state index contributed by atoms with van der Waals surface area (Å²) >= 11 is 0. The van der Waals surface area contributed by atoms with Crippen LogP contribution < -0.4 is 0 Å². The minimum Gasteiger partial charge on any atom is -0.508 e. The summed E-state index contributed by atoms with van der Waals surface area (Å²) in [6.45, 7) is 3.94. The molecule has 0 saturated heterocycles. The predicted octanol–water partition coefficient (Wildman–Crippen LogP) is 3.84. The highest BCUT2D eigenvalue weighted by molar-refractivity contribution is 7.91. The lowest BCUT2D eigenvalue weighted by atomic mass is 10.1. The third-order valence-electron chi connectivity index (χ3n) is 3.76. The molecule has 2 rings (SSSR count). The lowest BCUT2D eigenvalue weighted by Gasteiger charge is -2.10. The van der Waals surface area contributed by atoms with Crippen molar-refractivity contribution in [2.24, 2.45) is 0 Å². The molecule has 0 aliphatic heterocycles. The normalized spacial score (nSPS) is 11.6. The van der Waals surface area contributed by atoms with Gasteiger partial charge in [-0.2, -0.15) is 0 Å². The Bertz CT molecular complexity index is 733. The Hall–Kier alpha value is -2.01. The second-order valence-corrected chi connectivity index (χ2v) is 7.53. The molecule has 2 aromatic carbocycles. The SMILES string of the molecule is CCCc1cc(S(=O)(=O)c2ccc(O)c(CCC)c2)ccc1O. The molecule has 0 aromatic heterocycles. The van der Waals surface area contributed by atoms with E-state index in [1.807, 2.05) is 13.8 Å². The smallest absolute Gasteiger partial charge is 0.206 e. The Kier molecular flexibility index (Phi) is 5.31. The molecule has 0 radical (unpaired) electrons. The summed E-state index contributed by atoms with van der Waals surface area (Å²) in [6, 6.07) is 8.73. The molecule has 0 saturated carbocycles. The highest BCUT2D eigenvalue weighted by Crippen LogP contribution is 2.29. The van der Waals surface area contributed by atoms with Crippen LogP contribution in [0.5, 0.6) is 11.5 Å². The van der Waals surface area contributed by atoms with Gasteiger partial charge in [-0.25, -0.2) is 8.42 Å². The number of hydrogen-bond donors (Lipinski definition) is 2. The van der Waals surface area contributed by atoms with Crippen molar-refractivity contribution in [2.45, 2.75) is 49.3 Å². The molecule has 23 heavy (non-hydrogen) atoms. The Morgan fingerprint density at radius 1 is 0.783 bits per heavy atom. The minimum absolute atomic E-state index is 0.114. The van der Waals surface area contributed by atoms with Crippen LogP contribution in [0.15, 0.2) is 46.2 Å². The molecule has 0 unspecified atom stereocenters. The largest absolute Gasteiger partial charge is 0.508 e. The average Bonchev–Trinajstić information content (AvgIpc) is 2.51. The van der Waals surface area contributed by atoms with E-state index in [4.69, 9.17) is 0 Å². The molecule has 5 heteroatoms. The number of aryl methyl sites for hydroxylation is 2. The number of phenols is 2. The number of aromatic hydroxyl groups is 2. The number of sulfone groups is 1. The minimum atomic E-state index is -3.68. The fourth-order valence-corrected chi connectivity index (χ4v) is 3.89. The van der Waals surface area contributed by atoms with E-state index in [1.165, 1.54) is 36.4 Å². The van der Waals surface area contributed by atoms with Crippen LogP contribution in [-0.2, 0) is 22.7 Å². The van der Waals surface area contributed by atoms with Crippen LogP contribution in [0.1, 0.15) is 37.8 Å². The van der Waals surface area contributed by atoms with E-state index in [0.717, 1.165) is 12.8 Å². The van der Waals surface area contributed by atoms with Gasteiger partial charge in [0.05, 0.1) is 9.79 Å². The molecule has 0 fully saturated rings. The van der Waals surface area contributed by atoms with Crippen molar-refractivity contribution >= 4 is 9.84 Å². The maximum absolute atomic E-state index is 12.8. The van der Waals surface area contributed by atoms with Crippen molar-refractivity contribution in [3.05, 3.63) is 47.5 Å². The number of phenolic OH excluding ortho intramolecular Hbond substituents is 2. The zero-order chi connectivity index (χ0) is 17.0. The highest BCUT2D eigenvalue weighted by atomic mass is 32.2. The molecule has 0 aliphatic carbocycles. The van der Waals surface area contributed by atoms with Gasteiger partial charge in [-0.1, -0.05) is 26.7 Å². The maximum atomic E-state index is 12.8. The first-order chi connectivity index (χ1) is 10.9. The second-order valence-electron chi connectivity index (χ2n) is 5.58. The van der Waals surface area contributed by atoms with Gasteiger partial charge in [0.2, 0.25) is 9.84 Å². The molecule has 4 nitrogen and oxygen atoms in total. The van der Waals surface area contributed by atoms with Crippen LogP contribution in [0, 0.1) is 0 Å². The van der Waals surface area contributed by atoms with E-state index >= 15 is 0 Å². The summed E-state index contributed by atoms with van der Waals surface area (Å²) in [5.41, 5.74) is 1.25. The van der Waals surface area contributed by atoms with Crippen LogP contribution in [-0.4, -0.2) is 18.6 Å². The first kappa shape index (κ1) is 17.3. The van der Waals surface area contributed by atoms with E-state index in [2.05, 4.69) is 0 Å². The predicted molar refractivity (Wildman–Crippen MR) is 89.7 cm³/mol. The van der Waals surface area contributed by atoms with Gasteiger partial charge in [-0.15, -0.1) is 0 Å². The van der Waals surface area contributed by atoms with Gasteiger partial charge in [-0.3, -0.25) is 0 Å². The molecule has 2 aromatic rings. The Balaban J connectivity index is 2.50. The summed E-state index contributed by atoms with van der Waals surface area (Å²) in [5.74, 6) is 0.228. The molecule has 0 atom stereocenters. The Labute approximate surface area is 137 Å². The van der Waals surface area contributed by atoms with Crippen LogP contribution in [0.25, 0.3) is 0 Å². The Morgan fingerprint density at radius 2 is 1.17 bits per heavy atom. The molecule has 0 heterocycles. The topological polar surface area (TPSA) is 74.6 Å². The van der Waals surface area contributed by atoms with Crippen LogP contribution in [0.4, 0.5) is 0 Å². The molecular formula is C18H22O4S. The van der Waals surface area contributed by atoms with Gasteiger partial charge in [0.1, 0.15) is 11.5 Å². The average molecular weight is 334 g/mol. The van der Waals surface area contributed by atoms with Gasteiger partial charge in [0.25, 0.3) is 0 Å². The lowest BCUT2D eigenvalue weighted by Crippen LogP contribution is -2.04. The Morgan fingerprint density at radius 3 is 1.52 bits per heavy atom. The molecule has 0 amide bonds. The molecular weight excluding hydrogens is 312 g/mol. The number of rotatable bonds is 6. The van der Waals surface area contributed by atoms with Crippen molar-refractivity contribution in [2.75, 3.05) is 0 Å². The van der Waals surface area contributed by atoms with Gasteiger partial charge in [0, 0.05) is 0 Å². The fraction of sp³-hybridized carbons (Fsp3) is 0.333. The third kappa shape index (κ3) is 3.67. The van der Waals surface area contributed by atoms with Gasteiger partial charge in [-0.05, 0) is 60.4 Å². The molecule has 2 N–H and O–H groups in total. The molecule has 0 spiro atoms. The zero-order valence-corrected chi connectivity index (χ0v) is 14.2. The van der Waals surface area contributed by atoms with E-state index in [-0.39, 0.29) is 21.3 Å². The monoisotopic (exact) mass is 334 g/mol. The van der Waals surface area contributed by atoms with Crippen molar-refractivity contribution in [1.29, 1.82) is 0 Å². The standard InChI is InChI=1S/C18H22O4S/c1-3-5-13-11-15(7-9-17(13)19)23(21,22)16-8-10-18(20)14(12-16)6-4-2/h7-12,19-20H,3-6H2,1-2H3. The molecule has 0 aliphatic rings. The molecule has 124 valence electrons. The fourth-order valence-electron chi connectivity index (χ4n) is 2.53. The van der Waals surface area contributed by atoms with Crippen molar-refractivity contribution in [3.63, 3.8) is 0 Å². The van der Waals surface area contributed by atoms with Crippen molar-refractivity contribution in [3.8, 4) is 11.5 Å². The molecule has 0 bridgehead atoms. The van der Waals surface area contributed by atoms with Crippen molar-refractivity contribution < 1.29 is 18.6 Å². The number of hydrogen-bond acceptors (Lipinski definition) is 4. The zero-order valence-electron chi connectivity index (χ0n) is 13.4. The van der Waals surface area contributed by atoms with Crippen LogP contribution in [0.2, 0.25) is 0 Å². The van der Waals surface area contributed by atoms with E-state index in [9.17, 15) is 18.6 Å². The van der Waals surface area contributed by atoms with Gasteiger partial charge < -0.3 is 10.2 Å². The third-order valence-corrected chi connectivity index (χ3v) is 5.51. The van der Waals surface area contributed by atoms with Crippen molar-refractivity contribution in [1.82, 2.24) is 0 Å². The highest BCUT2D eigenvalue weighted by Gasteiger charge is 2.20. The van der Waals surface area contributed by atoms with Gasteiger partial charge >= 0.3 is 0 Å². The van der Waals surface area contributed by atoms with Gasteiger partial charge in [0.15, 0.2) is 0 Å². The first-order valence-electron chi connectivity index (χ1n) is 7.79. The lowest BCUT2D eigenvalue weighted by molar-refractivity contribution is 0.466. The van der Waals surface area contributed by atoms with Crippen LogP contribution >= 0.6 is 0 Å². The van der Waals surface area contributed by atoms with Crippen LogP contribution in [0.3, 0.4) is 0 Å². The quantitative estimate of drug-likeness (QED) is 0.842. The van der Waals surface area contributed by atoms with E-state index in [0.29, 0.717) is 24.0 Å². The summed E-state index contributed by atoms with van der Waals surface area (Å²) in [5, 5.41) is 19.6. The summed E-state index contributed by atoms with van der Waals surface area (Å²) in [7, 11) is -3.68.